The minimum absolute atomic E-state index is 0.564. The van der Waals surface area contributed by atoms with E-state index in [0.29, 0.717) is 12.1 Å². The predicted octanol–water partition coefficient (Wildman–Crippen LogP) is 6.72. The molecule has 0 spiro atoms. The standard InChI is InChI=1S/C27H41N3P2/c1-28(24-16-8-4-9-17-24)31(26-20-12-6-13-21-26)30(3)32(27-22-14-7-15-23-27)29(2)25-18-10-5-11-19-25/h6-7,12-15,20-25H,4-5,8-11,16-19H2,1-3H3/t31-,32-/m0/s1. The highest BCUT2D eigenvalue weighted by Gasteiger charge is 2.36. The average Bonchev–Trinajstić information content (AvgIpc) is 2.86. The van der Waals surface area contributed by atoms with Crippen LogP contribution in [0.25, 0.3) is 0 Å². The van der Waals surface area contributed by atoms with E-state index in [-0.39, 0.29) is 0 Å². The lowest BCUT2D eigenvalue weighted by Gasteiger charge is -2.47. The second-order valence-corrected chi connectivity index (χ2v) is 14.4. The molecule has 2 aromatic carbocycles. The van der Waals surface area contributed by atoms with Crippen LogP contribution in [0.5, 0.6) is 0 Å². The van der Waals surface area contributed by atoms with Crippen molar-refractivity contribution in [3.8, 4) is 0 Å². The maximum absolute atomic E-state index is 2.78. The molecule has 174 valence electrons. The Morgan fingerprint density at radius 3 is 1.22 bits per heavy atom. The highest BCUT2D eigenvalue weighted by molar-refractivity contribution is 7.75. The molecule has 2 atom stereocenters. The molecule has 0 amide bonds. The molecule has 2 aliphatic carbocycles. The van der Waals surface area contributed by atoms with Crippen molar-refractivity contribution in [2.75, 3.05) is 21.1 Å². The van der Waals surface area contributed by atoms with Crippen LogP contribution < -0.4 is 10.6 Å². The Labute approximate surface area is 198 Å². The molecule has 32 heavy (non-hydrogen) atoms. The van der Waals surface area contributed by atoms with Gasteiger partial charge in [-0.3, -0.25) is 9.34 Å². The zero-order valence-corrected chi connectivity index (χ0v) is 22.0. The minimum Gasteiger partial charge on any atom is -0.266 e. The Morgan fingerprint density at radius 2 is 0.875 bits per heavy atom. The molecule has 0 radical (unpaired) electrons. The Hall–Kier alpha value is -0.820. The van der Waals surface area contributed by atoms with E-state index in [2.05, 4.69) is 95.6 Å². The summed E-state index contributed by atoms with van der Waals surface area (Å²) in [7, 11) is 6.10. The zero-order chi connectivity index (χ0) is 22.3. The van der Waals surface area contributed by atoms with Gasteiger partial charge in [0, 0.05) is 22.7 Å². The summed E-state index contributed by atoms with van der Waals surface area (Å²) in [6.45, 7) is 0. The Balaban J connectivity index is 1.69. The largest absolute Gasteiger partial charge is 0.266 e. The van der Waals surface area contributed by atoms with Gasteiger partial charge in [0.15, 0.2) is 0 Å². The summed E-state index contributed by atoms with van der Waals surface area (Å²) in [5.74, 6) is 0. The van der Waals surface area contributed by atoms with Crippen molar-refractivity contribution in [3.05, 3.63) is 60.7 Å². The fraction of sp³-hybridized carbons (Fsp3) is 0.556. The molecule has 4 rings (SSSR count). The van der Waals surface area contributed by atoms with Gasteiger partial charge in [0.25, 0.3) is 0 Å². The van der Waals surface area contributed by atoms with Crippen LogP contribution in [0.2, 0.25) is 0 Å². The molecule has 0 N–H and O–H groups in total. The van der Waals surface area contributed by atoms with Gasteiger partial charge in [0.1, 0.15) is 0 Å². The molecule has 0 aromatic heterocycles. The lowest BCUT2D eigenvalue weighted by Crippen LogP contribution is -2.41. The number of hydrogen-bond donors (Lipinski definition) is 0. The van der Waals surface area contributed by atoms with E-state index in [1.807, 2.05) is 0 Å². The van der Waals surface area contributed by atoms with Crippen LogP contribution in [-0.2, 0) is 0 Å². The SMILES string of the molecule is CN(C1CCCCC1)[P@](c1ccccc1)N(C)[P@@](c1ccccc1)N(C)C1CCCCC1. The monoisotopic (exact) mass is 469 g/mol. The topological polar surface area (TPSA) is 9.72 Å². The van der Waals surface area contributed by atoms with E-state index in [9.17, 15) is 0 Å². The molecule has 0 unspecified atom stereocenters. The third-order valence-electron chi connectivity index (χ3n) is 7.33. The van der Waals surface area contributed by atoms with Gasteiger partial charge in [0.05, 0.1) is 16.4 Å². The van der Waals surface area contributed by atoms with Crippen molar-refractivity contribution in [2.24, 2.45) is 0 Å². The van der Waals surface area contributed by atoms with Crippen LogP contribution in [-0.4, -0.2) is 47.0 Å². The summed E-state index contributed by atoms with van der Waals surface area (Å²) in [6.07, 6.45) is 13.7. The first kappa shape index (κ1) is 24.3. The van der Waals surface area contributed by atoms with E-state index >= 15 is 0 Å². The first-order valence-corrected chi connectivity index (χ1v) is 15.1. The van der Waals surface area contributed by atoms with Gasteiger partial charge < -0.3 is 0 Å². The second-order valence-electron chi connectivity index (χ2n) is 9.47. The molecule has 5 heteroatoms. The summed E-state index contributed by atoms with van der Waals surface area (Å²) in [5.41, 5.74) is 0. The predicted molar refractivity (Wildman–Crippen MR) is 143 cm³/mol. The van der Waals surface area contributed by atoms with Gasteiger partial charge in [-0.25, -0.2) is 4.44 Å². The van der Waals surface area contributed by atoms with Crippen molar-refractivity contribution in [1.29, 1.82) is 0 Å². The van der Waals surface area contributed by atoms with Crippen LogP contribution in [0, 0.1) is 0 Å². The minimum atomic E-state index is -0.564. The summed E-state index contributed by atoms with van der Waals surface area (Å²) in [5, 5.41) is 2.97. The van der Waals surface area contributed by atoms with Crippen molar-refractivity contribution in [2.45, 2.75) is 76.3 Å². The van der Waals surface area contributed by atoms with E-state index in [1.165, 1.54) is 74.8 Å². The molecule has 0 aliphatic heterocycles. The Morgan fingerprint density at radius 1 is 0.531 bits per heavy atom. The first-order valence-electron chi connectivity index (χ1n) is 12.6. The van der Waals surface area contributed by atoms with Crippen LogP contribution in [0.4, 0.5) is 0 Å². The van der Waals surface area contributed by atoms with Crippen molar-refractivity contribution in [1.82, 2.24) is 13.8 Å². The number of hydrogen-bond acceptors (Lipinski definition) is 3. The Bertz CT molecular complexity index is 724. The van der Waals surface area contributed by atoms with Crippen LogP contribution in [0.1, 0.15) is 64.2 Å². The van der Waals surface area contributed by atoms with E-state index in [1.54, 1.807) is 0 Å². The molecule has 3 nitrogen and oxygen atoms in total. The molecular formula is C27H41N3P2. The van der Waals surface area contributed by atoms with Gasteiger partial charge in [-0.15, -0.1) is 0 Å². The highest BCUT2D eigenvalue weighted by atomic mass is 31.2. The zero-order valence-electron chi connectivity index (χ0n) is 20.2. The normalized spacial score (nSPS) is 20.7. The van der Waals surface area contributed by atoms with Gasteiger partial charge in [-0.1, -0.05) is 99.2 Å². The summed E-state index contributed by atoms with van der Waals surface area (Å²) >= 11 is 0. The second kappa shape index (κ2) is 12.0. The van der Waals surface area contributed by atoms with Crippen molar-refractivity contribution >= 4 is 27.1 Å². The maximum Gasteiger partial charge on any atom is 0.0771 e. The van der Waals surface area contributed by atoms with Crippen LogP contribution in [0.3, 0.4) is 0 Å². The van der Waals surface area contributed by atoms with Crippen molar-refractivity contribution < 1.29 is 0 Å². The average molecular weight is 470 g/mol. The summed E-state index contributed by atoms with van der Waals surface area (Å²) < 4.78 is 8.30. The third-order valence-corrected chi connectivity index (χ3v) is 12.8. The molecule has 0 bridgehead atoms. The molecule has 2 aliphatic rings. The number of benzene rings is 2. The van der Waals surface area contributed by atoms with Crippen molar-refractivity contribution in [3.63, 3.8) is 0 Å². The van der Waals surface area contributed by atoms with Crippen LogP contribution in [0.15, 0.2) is 60.7 Å². The number of nitrogens with zero attached hydrogens (tertiary/aromatic N) is 3. The summed E-state index contributed by atoms with van der Waals surface area (Å²) in [6, 6.07) is 24.1. The Kier molecular flexibility index (Phi) is 9.15. The van der Waals surface area contributed by atoms with E-state index < -0.39 is 16.4 Å². The molecule has 2 aromatic rings. The maximum atomic E-state index is 2.78. The molecular weight excluding hydrogens is 428 g/mol. The fourth-order valence-electron chi connectivity index (χ4n) is 5.53. The van der Waals surface area contributed by atoms with Gasteiger partial charge >= 0.3 is 0 Å². The molecule has 2 fully saturated rings. The van der Waals surface area contributed by atoms with Gasteiger partial charge in [-0.2, -0.15) is 0 Å². The third kappa shape index (κ3) is 5.81. The molecule has 0 heterocycles. The lowest BCUT2D eigenvalue weighted by atomic mass is 9.96. The summed E-state index contributed by atoms with van der Waals surface area (Å²) in [4.78, 5) is 0. The first-order chi connectivity index (χ1) is 15.7. The van der Waals surface area contributed by atoms with E-state index in [4.69, 9.17) is 0 Å². The van der Waals surface area contributed by atoms with Crippen LogP contribution >= 0.6 is 16.4 Å². The van der Waals surface area contributed by atoms with E-state index in [0.717, 1.165) is 0 Å². The quantitative estimate of drug-likeness (QED) is 0.397. The molecule has 2 saturated carbocycles. The lowest BCUT2D eigenvalue weighted by molar-refractivity contribution is 0.286. The fourth-order valence-corrected chi connectivity index (χ4v) is 11.7. The molecule has 0 saturated heterocycles. The van der Waals surface area contributed by atoms with Gasteiger partial charge in [-0.05, 0) is 46.8 Å². The smallest absolute Gasteiger partial charge is 0.0771 e. The van der Waals surface area contributed by atoms with Gasteiger partial charge in [0.2, 0.25) is 0 Å². The number of rotatable bonds is 8. The highest BCUT2D eigenvalue weighted by Crippen LogP contribution is 2.59.